The zero-order chi connectivity index (χ0) is 13.6. The minimum Gasteiger partial charge on any atom is -0.493 e. The third kappa shape index (κ3) is 1.83. The third-order valence-electron chi connectivity index (χ3n) is 3.83. The molecule has 0 fully saturated rings. The molecular formula is C14H15BrO4. The topological polar surface area (TPSA) is 55.8 Å². The summed E-state index contributed by atoms with van der Waals surface area (Å²) >= 11 is 3.57. The lowest BCUT2D eigenvalue weighted by Crippen LogP contribution is -2.14. The molecule has 2 aliphatic heterocycles. The number of rotatable bonds is 3. The molecule has 0 saturated carbocycles. The molecule has 1 unspecified atom stereocenters. The standard InChI is InChI=1S/C14H15BrO4/c1-2-7(14(16)17)10-8-3-5-19-13(8)11(15)9-4-6-18-12(9)10/h7H,2-6H2,1H3,(H,16,17). The van der Waals surface area contributed by atoms with Crippen LogP contribution >= 0.6 is 15.9 Å². The van der Waals surface area contributed by atoms with Crippen LogP contribution in [0.5, 0.6) is 11.5 Å². The van der Waals surface area contributed by atoms with Gasteiger partial charge in [0, 0.05) is 29.5 Å². The van der Waals surface area contributed by atoms with Gasteiger partial charge in [-0.15, -0.1) is 0 Å². The van der Waals surface area contributed by atoms with E-state index in [-0.39, 0.29) is 0 Å². The minimum absolute atomic E-state index is 0.518. The highest BCUT2D eigenvalue weighted by Crippen LogP contribution is 2.50. The first kappa shape index (κ1) is 12.8. The van der Waals surface area contributed by atoms with Gasteiger partial charge in [-0.1, -0.05) is 6.92 Å². The van der Waals surface area contributed by atoms with Crippen molar-refractivity contribution in [1.29, 1.82) is 0 Å². The van der Waals surface area contributed by atoms with Gasteiger partial charge in [-0.25, -0.2) is 0 Å². The maximum atomic E-state index is 11.5. The second-order valence-electron chi connectivity index (χ2n) is 4.84. The Hall–Kier alpha value is -1.23. The van der Waals surface area contributed by atoms with E-state index in [9.17, 15) is 9.90 Å². The number of carboxylic acid groups (broad SMARTS) is 1. The summed E-state index contributed by atoms with van der Waals surface area (Å²) in [7, 11) is 0. The van der Waals surface area contributed by atoms with Gasteiger partial charge in [0.2, 0.25) is 0 Å². The van der Waals surface area contributed by atoms with Crippen molar-refractivity contribution in [2.24, 2.45) is 0 Å². The number of carbonyl (C=O) groups is 1. The Labute approximate surface area is 119 Å². The monoisotopic (exact) mass is 326 g/mol. The number of aliphatic carboxylic acids is 1. The first-order chi connectivity index (χ1) is 9.15. The van der Waals surface area contributed by atoms with Crippen molar-refractivity contribution in [3.63, 3.8) is 0 Å². The largest absolute Gasteiger partial charge is 0.493 e. The average molecular weight is 327 g/mol. The fourth-order valence-electron chi connectivity index (χ4n) is 2.96. The number of carboxylic acids is 1. The molecule has 5 heteroatoms. The Morgan fingerprint density at radius 1 is 1.26 bits per heavy atom. The zero-order valence-electron chi connectivity index (χ0n) is 10.7. The third-order valence-corrected chi connectivity index (χ3v) is 4.67. The van der Waals surface area contributed by atoms with E-state index in [2.05, 4.69) is 15.9 Å². The minimum atomic E-state index is -0.795. The van der Waals surface area contributed by atoms with Gasteiger partial charge in [0.05, 0.1) is 23.6 Å². The number of hydrogen-bond acceptors (Lipinski definition) is 3. The molecule has 0 aromatic heterocycles. The highest BCUT2D eigenvalue weighted by molar-refractivity contribution is 9.10. The van der Waals surface area contributed by atoms with Gasteiger partial charge in [0.25, 0.3) is 0 Å². The predicted octanol–water partition coefficient (Wildman–Crippen LogP) is 2.90. The van der Waals surface area contributed by atoms with Crippen LogP contribution in [-0.2, 0) is 17.6 Å². The van der Waals surface area contributed by atoms with E-state index in [1.165, 1.54) is 0 Å². The van der Waals surface area contributed by atoms with Gasteiger partial charge in [0.1, 0.15) is 11.5 Å². The van der Waals surface area contributed by atoms with Crippen molar-refractivity contribution in [3.8, 4) is 11.5 Å². The van der Waals surface area contributed by atoms with Crippen LogP contribution in [-0.4, -0.2) is 24.3 Å². The molecule has 4 nitrogen and oxygen atoms in total. The van der Waals surface area contributed by atoms with Crippen LogP contribution in [0.3, 0.4) is 0 Å². The molecule has 19 heavy (non-hydrogen) atoms. The van der Waals surface area contributed by atoms with E-state index in [4.69, 9.17) is 9.47 Å². The lowest BCUT2D eigenvalue weighted by molar-refractivity contribution is -0.138. The summed E-state index contributed by atoms with van der Waals surface area (Å²) in [6.07, 6.45) is 2.11. The summed E-state index contributed by atoms with van der Waals surface area (Å²) in [5.41, 5.74) is 2.88. The molecule has 1 aromatic carbocycles. The summed E-state index contributed by atoms with van der Waals surface area (Å²) in [6, 6.07) is 0. The number of benzene rings is 1. The number of halogens is 1. The molecule has 102 valence electrons. The van der Waals surface area contributed by atoms with Crippen LogP contribution in [0, 0.1) is 0 Å². The maximum absolute atomic E-state index is 11.5. The summed E-state index contributed by atoms with van der Waals surface area (Å²) < 4.78 is 12.3. The van der Waals surface area contributed by atoms with E-state index in [1.54, 1.807) is 0 Å². The summed E-state index contributed by atoms with van der Waals surface area (Å²) in [4.78, 5) is 11.5. The molecule has 0 amide bonds. The molecule has 0 spiro atoms. The van der Waals surface area contributed by atoms with E-state index in [0.717, 1.165) is 45.5 Å². The number of ether oxygens (including phenoxy) is 2. The second kappa shape index (κ2) is 4.71. The van der Waals surface area contributed by atoms with E-state index in [0.29, 0.717) is 19.6 Å². The Morgan fingerprint density at radius 3 is 2.53 bits per heavy atom. The fraction of sp³-hybridized carbons (Fsp3) is 0.500. The normalized spacial score (nSPS) is 17.4. The Kier molecular flexibility index (Phi) is 3.17. The van der Waals surface area contributed by atoms with Crippen molar-refractivity contribution < 1.29 is 19.4 Å². The summed E-state index contributed by atoms with van der Waals surface area (Å²) in [5.74, 6) is 0.274. The Morgan fingerprint density at radius 2 is 1.89 bits per heavy atom. The molecule has 1 atom stereocenters. The molecule has 2 heterocycles. The molecule has 0 saturated heterocycles. The van der Waals surface area contributed by atoms with Gasteiger partial charge < -0.3 is 14.6 Å². The Balaban J connectivity index is 2.26. The lowest BCUT2D eigenvalue weighted by atomic mass is 9.88. The zero-order valence-corrected chi connectivity index (χ0v) is 12.2. The Bertz CT molecular complexity index is 518. The second-order valence-corrected chi connectivity index (χ2v) is 5.63. The number of fused-ring (bicyclic) bond motifs is 2. The van der Waals surface area contributed by atoms with Crippen LogP contribution in [0.25, 0.3) is 0 Å². The van der Waals surface area contributed by atoms with Crippen molar-refractivity contribution in [1.82, 2.24) is 0 Å². The van der Waals surface area contributed by atoms with E-state index in [1.807, 2.05) is 6.92 Å². The molecule has 1 N–H and O–H groups in total. The van der Waals surface area contributed by atoms with Crippen molar-refractivity contribution in [3.05, 3.63) is 21.2 Å². The smallest absolute Gasteiger partial charge is 0.311 e. The fourth-order valence-corrected chi connectivity index (χ4v) is 3.69. The molecule has 2 aliphatic rings. The first-order valence-electron chi connectivity index (χ1n) is 6.50. The van der Waals surface area contributed by atoms with Crippen molar-refractivity contribution >= 4 is 21.9 Å². The maximum Gasteiger partial charge on any atom is 0.311 e. The van der Waals surface area contributed by atoms with Crippen molar-refractivity contribution in [2.45, 2.75) is 32.1 Å². The highest BCUT2D eigenvalue weighted by Gasteiger charge is 2.35. The van der Waals surface area contributed by atoms with E-state index < -0.39 is 11.9 Å². The van der Waals surface area contributed by atoms with Gasteiger partial charge in [-0.2, -0.15) is 0 Å². The lowest BCUT2D eigenvalue weighted by Gasteiger charge is -2.19. The van der Waals surface area contributed by atoms with Crippen LogP contribution in [0.2, 0.25) is 0 Å². The molecule has 1 aromatic rings. The van der Waals surface area contributed by atoms with Gasteiger partial charge in [-0.05, 0) is 22.4 Å². The predicted molar refractivity (Wildman–Crippen MR) is 73.2 cm³/mol. The van der Waals surface area contributed by atoms with Gasteiger partial charge in [-0.3, -0.25) is 4.79 Å². The first-order valence-corrected chi connectivity index (χ1v) is 7.30. The number of hydrogen-bond donors (Lipinski definition) is 1. The highest BCUT2D eigenvalue weighted by atomic mass is 79.9. The SMILES string of the molecule is CCC(C(=O)O)c1c2c(c(Br)c3c1OCC3)OCC2. The summed E-state index contributed by atoms with van der Waals surface area (Å²) in [5, 5.41) is 9.45. The molecule has 0 radical (unpaired) electrons. The van der Waals surface area contributed by atoms with E-state index >= 15 is 0 Å². The quantitative estimate of drug-likeness (QED) is 0.927. The van der Waals surface area contributed by atoms with Gasteiger partial charge >= 0.3 is 5.97 Å². The van der Waals surface area contributed by atoms with Crippen molar-refractivity contribution in [2.75, 3.05) is 13.2 Å². The van der Waals surface area contributed by atoms with Crippen LogP contribution in [0.1, 0.15) is 36.0 Å². The molecular weight excluding hydrogens is 312 g/mol. The molecule has 0 aliphatic carbocycles. The molecule has 3 rings (SSSR count). The molecule has 0 bridgehead atoms. The van der Waals surface area contributed by atoms with Crippen LogP contribution in [0.15, 0.2) is 4.47 Å². The average Bonchev–Trinajstić information content (AvgIpc) is 3.02. The van der Waals surface area contributed by atoms with Crippen LogP contribution < -0.4 is 9.47 Å². The summed E-state index contributed by atoms with van der Waals surface area (Å²) in [6.45, 7) is 3.12. The van der Waals surface area contributed by atoms with Gasteiger partial charge in [0.15, 0.2) is 0 Å². The van der Waals surface area contributed by atoms with Crippen LogP contribution in [0.4, 0.5) is 0 Å².